The maximum atomic E-state index is 3.15. The van der Waals surface area contributed by atoms with Gasteiger partial charge in [-0.25, -0.2) is 0 Å². The highest BCUT2D eigenvalue weighted by molar-refractivity contribution is 5.27. The smallest absolute Gasteiger partial charge is 0.00463 e. The summed E-state index contributed by atoms with van der Waals surface area (Å²) in [6, 6.07) is 11.9. The van der Waals surface area contributed by atoms with Crippen molar-refractivity contribution in [2.24, 2.45) is 5.41 Å². The van der Waals surface area contributed by atoms with E-state index in [1.54, 1.807) is 5.56 Å². The molecule has 0 spiro atoms. The van der Waals surface area contributed by atoms with E-state index in [1.807, 2.05) is 0 Å². The van der Waals surface area contributed by atoms with E-state index >= 15 is 0 Å². The zero-order chi connectivity index (χ0) is 11.8. The topological polar surface area (TPSA) is 0 Å². The van der Waals surface area contributed by atoms with Crippen LogP contribution in [-0.4, -0.2) is 0 Å². The molecule has 0 heterocycles. The molecule has 2 bridgehead atoms. The lowest BCUT2D eigenvalue weighted by atomic mass is 9.51. The Morgan fingerprint density at radius 3 is 2.12 bits per heavy atom. The summed E-state index contributed by atoms with van der Waals surface area (Å²) in [5, 5.41) is 0. The highest BCUT2D eigenvalue weighted by Crippen LogP contribution is 2.59. The third-order valence-corrected chi connectivity index (χ3v) is 5.51. The van der Waals surface area contributed by atoms with E-state index in [1.165, 1.54) is 51.4 Å². The van der Waals surface area contributed by atoms with Crippen molar-refractivity contribution in [3.63, 3.8) is 0 Å². The van der Waals surface area contributed by atoms with Crippen molar-refractivity contribution in [2.75, 3.05) is 0 Å². The molecule has 0 N–H and O–H groups in total. The zero-order valence-corrected chi connectivity index (χ0v) is 11.0. The molecule has 0 saturated heterocycles. The Balaban J connectivity index is 1.82. The molecule has 3 saturated carbocycles. The molecule has 0 nitrogen and oxygen atoms in total. The predicted molar refractivity (Wildman–Crippen MR) is 72.0 cm³/mol. The summed E-state index contributed by atoms with van der Waals surface area (Å²) in [5.41, 5.74) is 2.85. The van der Waals surface area contributed by atoms with Crippen molar-refractivity contribution in [2.45, 2.75) is 63.7 Å². The van der Waals surface area contributed by atoms with Crippen LogP contribution < -0.4 is 0 Å². The van der Waals surface area contributed by atoms with Gasteiger partial charge in [-0.3, -0.25) is 0 Å². The Hall–Kier alpha value is -0.780. The Labute approximate surface area is 105 Å². The molecular formula is C17H23. The second kappa shape index (κ2) is 4.15. The third-order valence-electron chi connectivity index (χ3n) is 5.51. The van der Waals surface area contributed by atoms with Crippen LogP contribution in [0.15, 0.2) is 24.3 Å². The van der Waals surface area contributed by atoms with E-state index in [9.17, 15) is 0 Å². The molecular weight excluding hydrogens is 204 g/mol. The molecule has 91 valence electrons. The van der Waals surface area contributed by atoms with Crippen LogP contribution in [0.25, 0.3) is 0 Å². The fourth-order valence-electron chi connectivity index (χ4n) is 4.34. The number of hydrogen-bond donors (Lipinski definition) is 0. The molecule has 0 atom stereocenters. The minimum atomic E-state index is 0.532. The molecule has 0 aliphatic heterocycles. The van der Waals surface area contributed by atoms with Crippen LogP contribution in [0.4, 0.5) is 0 Å². The first-order chi connectivity index (χ1) is 8.29. The summed E-state index contributed by atoms with van der Waals surface area (Å²) >= 11 is 0. The molecule has 0 amide bonds. The molecule has 1 aromatic carbocycles. The Morgan fingerprint density at radius 2 is 1.59 bits per heavy atom. The minimum Gasteiger partial charge on any atom is -0.0654 e. The highest BCUT2D eigenvalue weighted by atomic mass is 14.5. The lowest BCUT2D eigenvalue weighted by Crippen LogP contribution is -2.44. The second-order valence-electron chi connectivity index (χ2n) is 6.32. The molecule has 0 heteroatoms. The van der Waals surface area contributed by atoms with E-state index in [2.05, 4.69) is 37.3 Å². The van der Waals surface area contributed by atoms with Gasteiger partial charge in [0, 0.05) is 0 Å². The molecule has 1 radical (unpaired) electrons. The molecule has 0 unspecified atom stereocenters. The summed E-state index contributed by atoms with van der Waals surface area (Å²) in [6.07, 6.45) is 11.5. The largest absolute Gasteiger partial charge is 0.0654 e. The summed E-state index contributed by atoms with van der Waals surface area (Å²) in [4.78, 5) is 0. The van der Waals surface area contributed by atoms with Crippen molar-refractivity contribution in [1.82, 2.24) is 0 Å². The lowest BCUT2D eigenvalue weighted by molar-refractivity contribution is 0.0320. The predicted octanol–water partition coefficient (Wildman–Crippen LogP) is 4.88. The van der Waals surface area contributed by atoms with E-state index in [4.69, 9.17) is 0 Å². The first kappa shape index (κ1) is 11.3. The van der Waals surface area contributed by atoms with Crippen molar-refractivity contribution in [3.8, 4) is 0 Å². The Morgan fingerprint density at radius 1 is 1.00 bits per heavy atom. The van der Waals surface area contributed by atoms with Crippen molar-refractivity contribution in [3.05, 3.63) is 35.9 Å². The van der Waals surface area contributed by atoms with Gasteiger partial charge in [0.1, 0.15) is 0 Å². The average molecular weight is 227 g/mol. The van der Waals surface area contributed by atoms with Gasteiger partial charge in [-0.1, -0.05) is 37.6 Å². The van der Waals surface area contributed by atoms with E-state index < -0.39 is 0 Å². The second-order valence-corrected chi connectivity index (χ2v) is 6.32. The maximum Gasteiger partial charge on any atom is -0.00463 e. The number of fused-ring (bicyclic) bond motifs is 3. The highest BCUT2D eigenvalue weighted by Gasteiger charge is 2.48. The standard InChI is InChI=1S/C17H23/c1-2-8-16-9-12-17(13-10-16,14-11-16)15-6-4-3-5-7-15/h4-7H,2,8-14H2,1H3. The molecule has 17 heavy (non-hydrogen) atoms. The molecule has 4 rings (SSSR count). The van der Waals surface area contributed by atoms with Gasteiger partial charge in [0.25, 0.3) is 0 Å². The van der Waals surface area contributed by atoms with Gasteiger partial charge in [0.15, 0.2) is 0 Å². The van der Waals surface area contributed by atoms with Crippen LogP contribution in [0.1, 0.15) is 63.9 Å². The number of rotatable bonds is 3. The first-order valence-electron chi connectivity index (χ1n) is 7.25. The summed E-state index contributed by atoms with van der Waals surface area (Å²) in [6.45, 7) is 2.35. The van der Waals surface area contributed by atoms with Gasteiger partial charge in [-0.05, 0) is 67.4 Å². The van der Waals surface area contributed by atoms with Gasteiger partial charge < -0.3 is 0 Å². The summed E-state index contributed by atoms with van der Waals surface area (Å²) in [7, 11) is 0. The van der Waals surface area contributed by atoms with Crippen LogP contribution in [0.2, 0.25) is 0 Å². The van der Waals surface area contributed by atoms with Crippen LogP contribution in [0.5, 0.6) is 0 Å². The zero-order valence-electron chi connectivity index (χ0n) is 11.0. The van der Waals surface area contributed by atoms with Crippen LogP contribution in [0, 0.1) is 11.5 Å². The van der Waals surface area contributed by atoms with Crippen LogP contribution in [0.3, 0.4) is 0 Å². The molecule has 0 aromatic heterocycles. The minimum absolute atomic E-state index is 0.532. The van der Waals surface area contributed by atoms with Crippen molar-refractivity contribution < 1.29 is 0 Å². The fraction of sp³-hybridized carbons (Fsp3) is 0.647. The number of benzene rings is 1. The maximum absolute atomic E-state index is 3.15. The molecule has 3 fully saturated rings. The third kappa shape index (κ3) is 1.82. The monoisotopic (exact) mass is 227 g/mol. The number of hydrogen-bond acceptors (Lipinski definition) is 0. The average Bonchev–Trinajstić information content (AvgIpc) is 2.42. The Bertz CT molecular complexity index is 352. The Kier molecular flexibility index (Phi) is 2.77. The molecule has 3 aliphatic rings. The summed E-state index contributed by atoms with van der Waals surface area (Å²) in [5.74, 6) is 0. The van der Waals surface area contributed by atoms with Gasteiger partial charge in [-0.15, -0.1) is 0 Å². The lowest BCUT2D eigenvalue weighted by Gasteiger charge is -2.54. The van der Waals surface area contributed by atoms with E-state index in [0.717, 1.165) is 5.41 Å². The molecule has 1 aromatic rings. The summed E-state index contributed by atoms with van der Waals surface area (Å²) < 4.78 is 0. The van der Waals surface area contributed by atoms with Crippen LogP contribution in [-0.2, 0) is 5.41 Å². The SMILES string of the molecule is CCCC12CCC(c3cc[c]cc3)(CC1)CC2. The van der Waals surface area contributed by atoms with Gasteiger partial charge >= 0.3 is 0 Å². The van der Waals surface area contributed by atoms with Gasteiger partial charge in [0.05, 0.1) is 0 Å². The fourth-order valence-corrected chi connectivity index (χ4v) is 4.34. The normalized spacial score (nSPS) is 36.1. The van der Waals surface area contributed by atoms with Gasteiger partial charge in [-0.2, -0.15) is 0 Å². The van der Waals surface area contributed by atoms with Crippen LogP contribution >= 0.6 is 0 Å². The van der Waals surface area contributed by atoms with Crippen molar-refractivity contribution in [1.29, 1.82) is 0 Å². The first-order valence-corrected chi connectivity index (χ1v) is 7.25. The molecule has 3 aliphatic carbocycles. The van der Waals surface area contributed by atoms with E-state index in [-0.39, 0.29) is 0 Å². The van der Waals surface area contributed by atoms with Gasteiger partial charge in [0.2, 0.25) is 0 Å². The quantitative estimate of drug-likeness (QED) is 0.690. The van der Waals surface area contributed by atoms with E-state index in [0.29, 0.717) is 5.41 Å². The van der Waals surface area contributed by atoms with Crippen molar-refractivity contribution >= 4 is 0 Å².